The molecule has 5 atom stereocenters. The maximum atomic E-state index is 13.1. The summed E-state index contributed by atoms with van der Waals surface area (Å²) in [5, 5.41) is 10.7. The van der Waals surface area contributed by atoms with E-state index in [1.165, 1.54) is 270 Å². The Morgan fingerprint density at radius 2 is 0.438 bits per heavy atom. The molecule has 0 aliphatic carbocycles. The molecule has 0 aliphatic heterocycles. The summed E-state index contributed by atoms with van der Waals surface area (Å²) < 4.78 is 68.9. The predicted octanol–water partition coefficient (Wildman–Crippen LogP) is 26.2. The lowest BCUT2D eigenvalue weighted by molar-refractivity contribution is -0.161. The number of aliphatic hydroxyl groups excluding tert-OH is 1. The summed E-state index contributed by atoms with van der Waals surface area (Å²) >= 11 is 0. The Bertz CT molecular complexity index is 2010. The molecular weight excluding hydrogens is 1370 g/mol. The van der Waals surface area contributed by atoms with Crippen molar-refractivity contribution in [2.45, 2.75) is 477 Å². The number of hydrogen-bond donors (Lipinski definition) is 3. The van der Waals surface area contributed by atoms with Crippen molar-refractivity contribution in [1.82, 2.24) is 0 Å². The maximum absolute atomic E-state index is 13.1. The molecule has 0 aliphatic rings. The minimum absolute atomic E-state index is 0.107. The molecule has 0 rings (SSSR count). The zero-order valence-electron chi connectivity index (χ0n) is 69.0. The summed E-state index contributed by atoms with van der Waals surface area (Å²) in [6, 6.07) is 0. The van der Waals surface area contributed by atoms with Gasteiger partial charge in [-0.3, -0.25) is 37.3 Å². The number of aliphatic hydroxyl groups is 1. The molecule has 19 heteroatoms. The molecule has 0 saturated heterocycles. The Balaban J connectivity index is 5.21. The van der Waals surface area contributed by atoms with Gasteiger partial charge in [0.1, 0.15) is 19.3 Å². The zero-order chi connectivity index (χ0) is 77.1. The molecule has 105 heavy (non-hydrogen) atoms. The van der Waals surface area contributed by atoms with Crippen molar-refractivity contribution in [3.8, 4) is 0 Å². The van der Waals surface area contributed by atoms with Crippen molar-refractivity contribution < 1.29 is 80.2 Å². The monoisotopic (exact) mass is 1540 g/mol. The molecule has 0 bridgehead atoms. The average molecular weight is 1540 g/mol. The number of esters is 4. The van der Waals surface area contributed by atoms with Crippen LogP contribution in [0.1, 0.15) is 459 Å². The largest absolute Gasteiger partial charge is 0.472 e. The van der Waals surface area contributed by atoms with Gasteiger partial charge in [-0.15, -0.1) is 0 Å². The molecule has 0 amide bonds. The van der Waals surface area contributed by atoms with Crippen molar-refractivity contribution in [3.05, 3.63) is 0 Å². The average Bonchev–Trinajstić information content (AvgIpc) is 0.914. The number of ether oxygens (including phenoxy) is 4. The van der Waals surface area contributed by atoms with E-state index in [9.17, 15) is 43.2 Å². The van der Waals surface area contributed by atoms with Gasteiger partial charge in [0.25, 0.3) is 0 Å². The van der Waals surface area contributed by atoms with Crippen molar-refractivity contribution in [1.29, 1.82) is 0 Å². The van der Waals surface area contributed by atoms with Gasteiger partial charge in [0.2, 0.25) is 0 Å². The van der Waals surface area contributed by atoms with Crippen LogP contribution in [-0.2, 0) is 65.4 Å². The molecule has 17 nitrogen and oxygen atoms in total. The van der Waals surface area contributed by atoms with Crippen LogP contribution in [0, 0.1) is 11.8 Å². The van der Waals surface area contributed by atoms with Crippen LogP contribution >= 0.6 is 15.6 Å². The van der Waals surface area contributed by atoms with E-state index >= 15 is 0 Å². The molecule has 0 heterocycles. The third kappa shape index (κ3) is 79.9. The predicted molar refractivity (Wildman–Crippen MR) is 432 cm³/mol. The van der Waals surface area contributed by atoms with E-state index in [0.717, 1.165) is 102 Å². The van der Waals surface area contributed by atoms with Gasteiger partial charge in [0, 0.05) is 25.7 Å². The van der Waals surface area contributed by atoms with E-state index in [1.807, 2.05) is 0 Å². The highest BCUT2D eigenvalue weighted by Gasteiger charge is 2.30. The minimum atomic E-state index is -4.97. The Hall–Kier alpha value is -1.94. The summed E-state index contributed by atoms with van der Waals surface area (Å²) in [5.41, 5.74) is 0. The zero-order valence-corrected chi connectivity index (χ0v) is 70.8. The van der Waals surface area contributed by atoms with E-state index < -0.39 is 97.5 Å². The molecule has 3 N–H and O–H groups in total. The van der Waals surface area contributed by atoms with E-state index in [4.69, 9.17) is 37.0 Å². The van der Waals surface area contributed by atoms with Crippen molar-refractivity contribution in [3.63, 3.8) is 0 Å². The molecule has 0 saturated carbocycles. The maximum Gasteiger partial charge on any atom is 0.472 e. The summed E-state index contributed by atoms with van der Waals surface area (Å²) in [6.45, 7) is 9.65. The lowest BCUT2D eigenvalue weighted by Gasteiger charge is -2.21. The van der Waals surface area contributed by atoms with Gasteiger partial charge in [0.15, 0.2) is 12.2 Å². The second-order valence-electron chi connectivity index (χ2n) is 31.9. The third-order valence-electron chi connectivity index (χ3n) is 20.2. The lowest BCUT2D eigenvalue weighted by Crippen LogP contribution is -2.30. The van der Waals surface area contributed by atoms with Crippen LogP contribution in [0.2, 0.25) is 0 Å². The third-order valence-corrected chi connectivity index (χ3v) is 22.1. The molecule has 2 unspecified atom stereocenters. The van der Waals surface area contributed by atoms with Gasteiger partial charge < -0.3 is 33.8 Å². The summed E-state index contributed by atoms with van der Waals surface area (Å²) in [6.07, 6.45) is 69.6. The molecule has 624 valence electrons. The Morgan fingerprint density at radius 1 is 0.257 bits per heavy atom. The molecule has 0 aromatic heterocycles. The molecule has 0 fully saturated rings. The number of phosphoric ester groups is 2. The van der Waals surface area contributed by atoms with E-state index in [-0.39, 0.29) is 25.7 Å². The second-order valence-corrected chi connectivity index (χ2v) is 34.8. The summed E-state index contributed by atoms with van der Waals surface area (Å²) in [4.78, 5) is 73.2. The van der Waals surface area contributed by atoms with E-state index in [2.05, 4.69) is 41.5 Å². The Kier molecular flexibility index (Phi) is 76.0. The van der Waals surface area contributed by atoms with Gasteiger partial charge in [-0.2, -0.15) is 0 Å². The first kappa shape index (κ1) is 103. The van der Waals surface area contributed by atoms with Gasteiger partial charge in [-0.1, -0.05) is 408 Å². The lowest BCUT2D eigenvalue weighted by atomic mass is 10.0. The van der Waals surface area contributed by atoms with Crippen LogP contribution in [0.4, 0.5) is 0 Å². The first-order chi connectivity index (χ1) is 50.9. The van der Waals surface area contributed by atoms with Gasteiger partial charge in [-0.25, -0.2) is 9.13 Å². The Morgan fingerprint density at radius 3 is 0.648 bits per heavy atom. The SMILES string of the molecule is CCCCCCCCCCCCCCCCCCCCCCC(=O)OC[C@H](COP(=O)(O)OC[C@@H](O)COP(=O)(O)OC[C@@H](COC(=O)CCCCCCCCCC(C)C)OC(=O)CCCCCCCCCCCCCCCC)OC(=O)CCCCCCCCCCCCCCCCCCCCC(C)C. The van der Waals surface area contributed by atoms with Crippen LogP contribution in [0.3, 0.4) is 0 Å². The van der Waals surface area contributed by atoms with Crippen molar-refractivity contribution in [2.24, 2.45) is 11.8 Å². The minimum Gasteiger partial charge on any atom is -0.462 e. The number of carbonyl (C=O) groups is 4. The van der Waals surface area contributed by atoms with E-state index in [1.54, 1.807) is 0 Å². The van der Waals surface area contributed by atoms with Crippen molar-refractivity contribution in [2.75, 3.05) is 39.6 Å². The van der Waals surface area contributed by atoms with E-state index in [0.29, 0.717) is 31.6 Å². The normalized spacial score (nSPS) is 13.8. The van der Waals surface area contributed by atoms with Crippen LogP contribution < -0.4 is 0 Å². The van der Waals surface area contributed by atoms with Crippen LogP contribution in [0.5, 0.6) is 0 Å². The highest BCUT2D eigenvalue weighted by molar-refractivity contribution is 7.47. The second kappa shape index (κ2) is 77.4. The van der Waals surface area contributed by atoms with Gasteiger partial charge >= 0.3 is 39.5 Å². The summed E-state index contributed by atoms with van der Waals surface area (Å²) in [5.74, 6) is -0.578. The fourth-order valence-electron chi connectivity index (χ4n) is 13.4. The number of carbonyl (C=O) groups excluding carboxylic acids is 4. The first-order valence-electron chi connectivity index (χ1n) is 44.5. The fraction of sp³-hybridized carbons (Fsp3) is 0.953. The molecule has 0 aromatic rings. The van der Waals surface area contributed by atoms with Gasteiger partial charge in [0.05, 0.1) is 26.4 Å². The van der Waals surface area contributed by atoms with Gasteiger partial charge in [-0.05, 0) is 37.5 Å². The number of hydrogen-bond acceptors (Lipinski definition) is 15. The molecule has 0 radical (unpaired) electrons. The smallest absolute Gasteiger partial charge is 0.462 e. The van der Waals surface area contributed by atoms with Crippen LogP contribution in [0.15, 0.2) is 0 Å². The number of phosphoric acid groups is 2. The molecule has 0 aromatic carbocycles. The number of rotatable bonds is 85. The highest BCUT2D eigenvalue weighted by atomic mass is 31.2. The number of unbranched alkanes of at least 4 members (excludes halogenated alkanes) is 55. The van der Waals surface area contributed by atoms with Crippen molar-refractivity contribution >= 4 is 39.5 Å². The summed E-state index contributed by atoms with van der Waals surface area (Å²) in [7, 11) is -9.93. The first-order valence-corrected chi connectivity index (χ1v) is 47.5. The Labute approximate surface area is 645 Å². The topological polar surface area (TPSA) is 237 Å². The molecular formula is C86H168O17P2. The standard InChI is InChI=1S/C86H168O17P2/c1-7-9-11-13-15-17-19-21-23-24-25-26-30-33-37-40-44-50-56-62-68-83(88)96-74-81(102-85(90)71-65-59-52-46-42-38-34-31-28-27-29-32-35-39-43-48-54-60-66-78(3)4)76-100-104(92,93)98-72-80(87)73-99-105(94,95)101-77-82(75-97-84(89)69-63-57-53-47-49-55-61-67-79(5)6)103-86(91)70-64-58-51-45-41-36-22-20-18-16-14-12-10-8-2/h78-82,87H,7-77H2,1-6H3,(H,92,93)(H,94,95)/t80-,81-,82-/m1/s1. The van der Waals surface area contributed by atoms with Crippen LogP contribution in [0.25, 0.3) is 0 Å². The quantitative estimate of drug-likeness (QED) is 0.0222. The fourth-order valence-corrected chi connectivity index (χ4v) is 15.0. The van der Waals surface area contributed by atoms with Crippen LogP contribution in [-0.4, -0.2) is 96.7 Å². The highest BCUT2D eigenvalue weighted by Crippen LogP contribution is 2.45. The molecule has 0 spiro atoms.